The summed E-state index contributed by atoms with van der Waals surface area (Å²) in [5, 5.41) is 5.20. The first-order valence-corrected chi connectivity index (χ1v) is 8.09. The highest BCUT2D eigenvalue weighted by Crippen LogP contribution is 2.40. The van der Waals surface area contributed by atoms with Gasteiger partial charge < -0.3 is 15.4 Å². The van der Waals surface area contributed by atoms with Crippen molar-refractivity contribution in [2.24, 2.45) is 11.8 Å². The first-order valence-electron chi connectivity index (χ1n) is 8.09. The Morgan fingerprint density at radius 3 is 2.75 bits per heavy atom. The van der Waals surface area contributed by atoms with Crippen molar-refractivity contribution in [2.45, 2.75) is 44.4 Å². The molecule has 0 spiro atoms. The summed E-state index contributed by atoms with van der Waals surface area (Å²) in [5.74, 6) is -0.148. The number of ether oxygens (including phenoxy) is 1. The highest BCUT2D eigenvalue weighted by molar-refractivity contribution is 5.74. The van der Waals surface area contributed by atoms with Crippen molar-refractivity contribution in [2.75, 3.05) is 6.61 Å². The van der Waals surface area contributed by atoms with Crippen LogP contribution in [0, 0.1) is 11.8 Å². The summed E-state index contributed by atoms with van der Waals surface area (Å²) >= 11 is 0. The first-order chi connectivity index (χ1) is 11.4. The zero-order valence-electron chi connectivity index (χ0n) is 13.1. The lowest BCUT2D eigenvalue weighted by Crippen LogP contribution is -2.51. The summed E-state index contributed by atoms with van der Waals surface area (Å²) in [7, 11) is 0. The van der Waals surface area contributed by atoms with E-state index in [0.29, 0.717) is 18.4 Å². The molecular formula is C16H20F3N3O2. The van der Waals surface area contributed by atoms with Crippen LogP contribution in [0.2, 0.25) is 0 Å². The van der Waals surface area contributed by atoms with E-state index in [-0.39, 0.29) is 19.4 Å². The molecule has 0 aromatic carbocycles. The Kier molecular flexibility index (Phi) is 4.82. The molecule has 132 valence electrons. The number of nitrogens with one attached hydrogen (secondary N) is 2. The Balaban J connectivity index is 1.37. The number of nitrogens with zero attached hydrogens (tertiary/aromatic N) is 1. The lowest BCUT2D eigenvalue weighted by Gasteiger charge is -2.36. The topological polar surface area (TPSA) is 63.2 Å². The van der Waals surface area contributed by atoms with E-state index in [1.165, 1.54) is 12.8 Å². The molecule has 2 fully saturated rings. The zero-order chi connectivity index (χ0) is 17.2. The van der Waals surface area contributed by atoms with Crippen molar-refractivity contribution in [1.82, 2.24) is 15.6 Å². The summed E-state index contributed by atoms with van der Waals surface area (Å²) in [6, 6.07) is 2.64. The number of urea groups is 1. The second-order valence-electron chi connectivity index (χ2n) is 6.49. The number of alkyl halides is 3. The molecule has 2 aliphatic rings. The van der Waals surface area contributed by atoms with E-state index in [2.05, 4.69) is 15.6 Å². The van der Waals surface area contributed by atoms with E-state index in [0.717, 1.165) is 5.56 Å². The molecule has 0 atom stereocenters. The summed E-state index contributed by atoms with van der Waals surface area (Å²) in [4.78, 5) is 15.8. The molecule has 2 N–H and O–H groups in total. The lowest BCUT2D eigenvalue weighted by atomic mass is 9.80. The molecule has 3 rings (SSSR count). The van der Waals surface area contributed by atoms with Crippen LogP contribution in [0.15, 0.2) is 18.3 Å². The van der Waals surface area contributed by atoms with E-state index in [1.807, 2.05) is 0 Å². The van der Waals surface area contributed by atoms with E-state index >= 15 is 0 Å². The fraction of sp³-hybridized carbons (Fsp3) is 0.625. The Hall–Kier alpha value is -1.99. The molecule has 2 aliphatic carbocycles. The molecule has 1 heterocycles. The maximum absolute atomic E-state index is 12.4. The average molecular weight is 343 g/mol. The van der Waals surface area contributed by atoms with Gasteiger partial charge in [0.15, 0.2) is 0 Å². The van der Waals surface area contributed by atoms with E-state index in [9.17, 15) is 18.0 Å². The number of aromatic nitrogens is 1. The molecule has 0 bridgehead atoms. The van der Waals surface area contributed by atoms with Gasteiger partial charge in [-0.3, -0.25) is 0 Å². The molecule has 8 heteroatoms. The van der Waals surface area contributed by atoms with Crippen molar-refractivity contribution in [3.63, 3.8) is 0 Å². The predicted octanol–water partition coefficient (Wildman–Crippen LogP) is 3.01. The van der Waals surface area contributed by atoms with Gasteiger partial charge in [0, 0.05) is 24.8 Å². The first kappa shape index (κ1) is 16.9. The van der Waals surface area contributed by atoms with Gasteiger partial charge in [0.1, 0.15) is 0 Å². The minimum atomic E-state index is -4.16. The van der Waals surface area contributed by atoms with Gasteiger partial charge in [-0.05, 0) is 43.2 Å². The van der Waals surface area contributed by atoms with Gasteiger partial charge in [0.2, 0.25) is 5.88 Å². The predicted molar refractivity (Wildman–Crippen MR) is 80.4 cm³/mol. The molecule has 0 saturated heterocycles. The van der Waals surface area contributed by atoms with Crippen LogP contribution in [0.4, 0.5) is 18.0 Å². The van der Waals surface area contributed by atoms with Gasteiger partial charge >= 0.3 is 12.2 Å². The maximum Gasteiger partial charge on any atom is 0.391 e. The van der Waals surface area contributed by atoms with Crippen LogP contribution >= 0.6 is 0 Å². The average Bonchev–Trinajstić information content (AvgIpc) is 3.30. The number of amides is 2. The lowest BCUT2D eigenvalue weighted by molar-refractivity contribution is -0.198. The third-order valence-corrected chi connectivity index (χ3v) is 4.35. The Bertz CT molecular complexity index is 584. The monoisotopic (exact) mass is 343 g/mol. The second-order valence-corrected chi connectivity index (χ2v) is 6.49. The fourth-order valence-corrected chi connectivity index (χ4v) is 2.55. The van der Waals surface area contributed by atoms with Crippen LogP contribution in [-0.2, 0) is 6.54 Å². The number of hydrogen-bond donors (Lipinski definition) is 2. The van der Waals surface area contributed by atoms with Crippen LogP contribution in [0.3, 0.4) is 0 Å². The molecule has 1 aromatic rings. The van der Waals surface area contributed by atoms with E-state index < -0.39 is 24.2 Å². The SMILES string of the molecule is O=C(NCc1ccnc(OCC2CC2)c1)NC1CC(C(F)(F)F)C1. The van der Waals surface area contributed by atoms with Crippen molar-refractivity contribution in [3.8, 4) is 5.88 Å². The van der Waals surface area contributed by atoms with Crippen LogP contribution in [0.5, 0.6) is 5.88 Å². The van der Waals surface area contributed by atoms with Crippen molar-refractivity contribution < 1.29 is 22.7 Å². The largest absolute Gasteiger partial charge is 0.477 e. The van der Waals surface area contributed by atoms with Gasteiger partial charge in [0.05, 0.1) is 12.5 Å². The normalized spacial score (nSPS) is 23.3. The minimum Gasteiger partial charge on any atom is -0.477 e. The molecule has 0 unspecified atom stereocenters. The minimum absolute atomic E-state index is 0.0503. The standard InChI is InChI=1S/C16H20F3N3O2/c17-16(18,19)12-6-13(7-12)22-15(23)21-8-11-3-4-20-14(5-11)24-9-10-1-2-10/h3-5,10,12-13H,1-2,6-9H2,(H2,21,22,23). The number of rotatable bonds is 6. The van der Waals surface area contributed by atoms with Crippen LogP contribution in [0.1, 0.15) is 31.2 Å². The summed E-state index contributed by atoms with van der Waals surface area (Å²) in [5.41, 5.74) is 0.827. The van der Waals surface area contributed by atoms with Gasteiger partial charge in [-0.25, -0.2) is 9.78 Å². The number of pyridine rings is 1. The van der Waals surface area contributed by atoms with Crippen molar-refractivity contribution in [3.05, 3.63) is 23.9 Å². The highest BCUT2D eigenvalue weighted by Gasteiger charge is 2.48. The molecule has 1 aromatic heterocycles. The molecule has 0 radical (unpaired) electrons. The van der Waals surface area contributed by atoms with Gasteiger partial charge in [-0.15, -0.1) is 0 Å². The Labute approximate surface area is 138 Å². The van der Waals surface area contributed by atoms with Gasteiger partial charge in [0.25, 0.3) is 0 Å². The molecule has 5 nitrogen and oxygen atoms in total. The smallest absolute Gasteiger partial charge is 0.391 e. The third-order valence-electron chi connectivity index (χ3n) is 4.35. The van der Waals surface area contributed by atoms with Crippen molar-refractivity contribution in [1.29, 1.82) is 0 Å². The zero-order valence-corrected chi connectivity index (χ0v) is 13.1. The quantitative estimate of drug-likeness (QED) is 0.835. The van der Waals surface area contributed by atoms with Crippen LogP contribution in [-0.4, -0.2) is 29.8 Å². The molecule has 24 heavy (non-hydrogen) atoms. The molecule has 0 aliphatic heterocycles. The summed E-state index contributed by atoms with van der Waals surface area (Å²) in [6.45, 7) is 0.927. The molecule has 2 saturated carbocycles. The molecule has 2 amide bonds. The Morgan fingerprint density at radius 1 is 1.33 bits per heavy atom. The number of hydrogen-bond acceptors (Lipinski definition) is 3. The Morgan fingerprint density at radius 2 is 2.08 bits per heavy atom. The second kappa shape index (κ2) is 6.86. The van der Waals surface area contributed by atoms with Gasteiger partial charge in [-0.1, -0.05) is 0 Å². The van der Waals surface area contributed by atoms with Crippen LogP contribution < -0.4 is 15.4 Å². The highest BCUT2D eigenvalue weighted by atomic mass is 19.4. The third kappa shape index (κ3) is 4.75. The number of carbonyl (C=O) groups is 1. The fourth-order valence-electron chi connectivity index (χ4n) is 2.55. The summed E-state index contributed by atoms with van der Waals surface area (Å²) in [6.07, 6.45) is -0.272. The number of carbonyl (C=O) groups excluding carboxylic acids is 1. The number of halogens is 3. The van der Waals surface area contributed by atoms with E-state index in [1.54, 1.807) is 18.3 Å². The van der Waals surface area contributed by atoms with Crippen LogP contribution in [0.25, 0.3) is 0 Å². The van der Waals surface area contributed by atoms with E-state index in [4.69, 9.17) is 4.74 Å². The maximum atomic E-state index is 12.4. The van der Waals surface area contributed by atoms with Crippen molar-refractivity contribution >= 4 is 6.03 Å². The van der Waals surface area contributed by atoms with Gasteiger partial charge in [-0.2, -0.15) is 13.2 Å². The molecular weight excluding hydrogens is 323 g/mol. The summed E-state index contributed by atoms with van der Waals surface area (Å²) < 4.78 is 42.7.